The van der Waals surface area contributed by atoms with Crippen molar-refractivity contribution in [2.45, 2.75) is 66.0 Å². The van der Waals surface area contributed by atoms with Crippen LogP contribution in [-0.2, 0) is 9.59 Å². The third-order valence-corrected chi connectivity index (χ3v) is 3.89. The molecule has 0 radical (unpaired) electrons. The topological polar surface area (TPSA) is 58.2 Å². The van der Waals surface area contributed by atoms with Crippen LogP contribution >= 0.6 is 0 Å². The van der Waals surface area contributed by atoms with Crippen LogP contribution in [0.3, 0.4) is 0 Å². The Balaban J connectivity index is 2.39. The van der Waals surface area contributed by atoms with Crippen LogP contribution in [-0.4, -0.2) is 23.9 Å². The van der Waals surface area contributed by atoms with Crippen molar-refractivity contribution in [3.63, 3.8) is 0 Å². The fraction of sp³-hybridized carbons (Fsp3) is 0.857. The number of rotatable bonds is 4. The Hall–Kier alpha value is -1.06. The third-order valence-electron chi connectivity index (χ3n) is 3.89. The molecule has 1 aliphatic carbocycles. The maximum Gasteiger partial charge on any atom is 0.242 e. The van der Waals surface area contributed by atoms with E-state index >= 15 is 0 Å². The van der Waals surface area contributed by atoms with Crippen LogP contribution in [0, 0.1) is 11.3 Å². The van der Waals surface area contributed by atoms with Gasteiger partial charge in [0.15, 0.2) is 0 Å². The van der Waals surface area contributed by atoms with Crippen molar-refractivity contribution in [2.75, 3.05) is 0 Å². The SMILES string of the molecule is C[C@H](NC(=O)C1CCC1)C(=O)N[C@H](C)C(C)(C)C. The van der Waals surface area contributed by atoms with E-state index in [1.54, 1.807) is 6.92 Å². The van der Waals surface area contributed by atoms with Gasteiger partial charge in [-0.25, -0.2) is 0 Å². The van der Waals surface area contributed by atoms with Gasteiger partial charge in [-0.2, -0.15) is 0 Å². The Morgan fingerprint density at radius 3 is 2.06 bits per heavy atom. The maximum absolute atomic E-state index is 11.9. The Labute approximate surface area is 110 Å². The second-order valence-electron chi connectivity index (χ2n) is 6.45. The molecule has 0 saturated heterocycles. The molecule has 0 aromatic carbocycles. The van der Waals surface area contributed by atoms with E-state index in [1.807, 2.05) is 6.92 Å². The van der Waals surface area contributed by atoms with Gasteiger partial charge in [0.25, 0.3) is 0 Å². The highest BCUT2D eigenvalue weighted by molar-refractivity contribution is 5.88. The van der Waals surface area contributed by atoms with E-state index in [4.69, 9.17) is 0 Å². The molecule has 0 aromatic heterocycles. The molecule has 1 aliphatic rings. The standard InChI is InChI=1S/C14H26N2O2/c1-9(15-13(18)11-7-6-8-11)12(17)16-10(2)14(3,4)5/h9-11H,6-8H2,1-5H3,(H,15,18)(H,16,17)/t9-,10+/m0/s1. The van der Waals surface area contributed by atoms with Crippen LogP contribution < -0.4 is 10.6 Å². The number of amides is 2. The first-order valence-electron chi connectivity index (χ1n) is 6.82. The number of carbonyl (C=O) groups is 2. The van der Waals surface area contributed by atoms with Gasteiger partial charge in [-0.3, -0.25) is 9.59 Å². The molecule has 2 N–H and O–H groups in total. The first-order chi connectivity index (χ1) is 8.21. The minimum atomic E-state index is -0.456. The molecule has 0 bridgehead atoms. The van der Waals surface area contributed by atoms with Crippen molar-refractivity contribution >= 4 is 11.8 Å². The highest BCUT2D eigenvalue weighted by Gasteiger charge is 2.29. The Kier molecular flexibility index (Phi) is 4.77. The molecule has 18 heavy (non-hydrogen) atoms. The molecule has 2 amide bonds. The van der Waals surface area contributed by atoms with Crippen molar-refractivity contribution in [3.8, 4) is 0 Å². The van der Waals surface area contributed by atoms with Gasteiger partial charge in [0.2, 0.25) is 11.8 Å². The van der Waals surface area contributed by atoms with E-state index in [2.05, 4.69) is 31.4 Å². The van der Waals surface area contributed by atoms with Crippen LogP contribution in [0.25, 0.3) is 0 Å². The average Bonchev–Trinajstić information content (AvgIpc) is 2.12. The minimum absolute atomic E-state index is 0.0207. The van der Waals surface area contributed by atoms with E-state index in [0.717, 1.165) is 19.3 Å². The molecule has 1 rings (SSSR count). The number of hydrogen-bond acceptors (Lipinski definition) is 2. The predicted molar refractivity (Wildman–Crippen MR) is 72.0 cm³/mol. The van der Waals surface area contributed by atoms with Gasteiger partial charge < -0.3 is 10.6 Å². The minimum Gasteiger partial charge on any atom is -0.351 e. The zero-order valence-electron chi connectivity index (χ0n) is 12.2. The van der Waals surface area contributed by atoms with Crippen molar-refractivity contribution < 1.29 is 9.59 Å². The summed E-state index contributed by atoms with van der Waals surface area (Å²) in [6, 6.07) is -0.379. The van der Waals surface area contributed by atoms with E-state index in [9.17, 15) is 9.59 Å². The smallest absolute Gasteiger partial charge is 0.242 e. The summed E-state index contributed by atoms with van der Waals surface area (Å²) in [6.07, 6.45) is 3.04. The van der Waals surface area contributed by atoms with Crippen LogP contribution in [0.1, 0.15) is 53.9 Å². The number of nitrogens with one attached hydrogen (secondary N) is 2. The van der Waals surface area contributed by atoms with Crippen LogP contribution in [0.2, 0.25) is 0 Å². The average molecular weight is 254 g/mol. The molecule has 0 spiro atoms. The van der Waals surface area contributed by atoms with Gasteiger partial charge in [-0.15, -0.1) is 0 Å². The molecule has 1 saturated carbocycles. The molecule has 0 unspecified atom stereocenters. The fourth-order valence-electron chi connectivity index (χ4n) is 1.62. The zero-order chi connectivity index (χ0) is 13.9. The van der Waals surface area contributed by atoms with Gasteiger partial charge in [-0.1, -0.05) is 27.2 Å². The fourth-order valence-corrected chi connectivity index (χ4v) is 1.62. The molecule has 2 atom stereocenters. The summed E-state index contributed by atoms with van der Waals surface area (Å²) in [6.45, 7) is 9.96. The highest BCUT2D eigenvalue weighted by Crippen LogP contribution is 2.26. The number of carbonyl (C=O) groups excluding carboxylic acids is 2. The largest absolute Gasteiger partial charge is 0.351 e. The lowest BCUT2D eigenvalue weighted by Gasteiger charge is -2.30. The van der Waals surface area contributed by atoms with E-state index in [1.165, 1.54) is 0 Å². The van der Waals surface area contributed by atoms with Crippen LogP contribution in [0.15, 0.2) is 0 Å². The number of hydrogen-bond donors (Lipinski definition) is 2. The summed E-state index contributed by atoms with van der Waals surface area (Å²) in [5, 5.41) is 5.73. The van der Waals surface area contributed by atoms with Gasteiger partial charge in [-0.05, 0) is 32.1 Å². The Morgan fingerprint density at radius 1 is 1.11 bits per heavy atom. The van der Waals surface area contributed by atoms with Crippen molar-refractivity contribution in [1.82, 2.24) is 10.6 Å². The quantitative estimate of drug-likeness (QED) is 0.804. The molecule has 0 aromatic rings. The van der Waals surface area contributed by atoms with Gasteiger partial charge >= 0.3 is 0 Å². The van der Waals surface area contributed by atoms with E-state index in [0.29, 0.717) is 0 Å². The molecule has 4 nitrogen and oxygen atoms in total. The normalized spacial score (nSPS) is 19.6. The lowest BCUT2D eigenvalue weighted by atomic mass is 9.84. The van der Waals surface area contributed by atoms with Crippen molar-refractivity contribution in [1.29, 1.82) is 0 Å². The molecule has 0 heterocycles. The van der Waals surface area contributed by atoms with Gasteiger partial charge in [0.05, 0.1) is 0 Å². The highest BCUT2D eigenvalue weighted by atomic mass is 16.2. The van der Waals surface area contributed by atoms with Crippen molar-refractivity contribution in [2.24, 2.45) is 11.3 Å². The summed E-state index contributed by atoms with van der Waals surface area (Å²) in [7, 11) is 0. The Morgan fingerprint density at radius 2 is 1.67 bits per heavy atom. The monoisotopic (exact) mass is 254 g/mol. The first-order valence-corrected chi connectivity index (χ1v) is 6.82. The lowest BCUT2D eigenvalue weighted by molar-refractivity contribution is -0.132. The summed E-state index contributed by atoms with van der Waals surface area (Å²) >= 11 is 0. The van der Waals surface area contributed by atoms with Gasteiger partial charge in [0.1, 0.15) is 6.04 Å². The lowest BCUT2D eigenvalue weighted by Crippen LogP contribution is -2.51. The first kappa shape index (κ1) is 15.0. The van der Waals surface area contributed by atoms with Crippen LogP contribution in [0.4, 0.5) is 0 Å². The zero-order valence-corrected chi connectivity index (χ0v) is 12.2. The second kappa shape index (κ2) is 5.72. The Bertz CT molecular complexity index is 316. The molecule has 104 valence electrons. The maximum atomic E-state index is 11.9. The molecular formula is C14H26N2O2. The summed E-state index contributed by atoms with van der Waals surface area (Å²) < 4.78 is 0. The molecule has 0 aliphatic heterocycles. The molecule has 1 fully saturated rings. The summed E-state index contributed by atoms with van der Waals surface area (Å²) in [5.41, 5.74) is 0.0212. The summed E-state index contributed by atoms with van der Waals surface area (Å²) in [5.74, 6) is 0.0395. The van der Waals surface area contributed by atoms with Crippen LogP contribution in [0.5, 0.6) is 0 Å². The summed E-state index contributed by atoms with van der Waals surface area (Å²) in [4.78, 5) is 23.7. The predicted octanol–water partition coefficient (Wildman–Crippen LogP) is 1.84. The molecular weight excluding hydrogens is 228 g/mol. The van der Waals surface area contributed by atoms with Gasteiger partial charge in [0, 0.05) is 12.0 Å². The van der Waals surface area contributed by atoms with E-state index in [-0.39, 0.29) is 29.2 Å². The van der Waals surface area contributed by atoms with E-state index < -0.39 is 6.04 Å². The third kappa shape index (κ3) is 4.00. The molecule has 4 heteroatoms. The van der Waals surface area contributed by atoms with Crippen molar-refractivity contribution in [3.05, 3.63) is 0 Å². The second-order valence-corrected chi connectivity index (χ2v) is 6.45.